The van der Waals surface area contributed by atoms with Crippen LogP contribution in [0.4, 0.5) is 10.1 Å². The number of nitrogens with zero attached hydrogens (tertiary/aromatic N) is 1. The Balaban J connectivity index is 1.43. The van der Waals surface area contributed by atoms with Crippen molar-refractivity contribution in [3.63, 3.8) is 0 Å². The Kier molecular flexibility index (Phi) is 11.6. The number of benzene rings is 3. The normalized spacial score (nSPS) is 18.8. The summed E-state index contributed by atoms with van der Waals surface area (Å²) in [5.74, 6) is -2.81. The molecule has 3 aromatic carbocycles. The fourth-order valence-electron chi connectivity index (χ4n) is 6.36. The average molecular weight is 671 g/mol. The van der Waals surface area contributed by atoms with Crippen LogP contribution in [0.3, 0.4) is 0 Å². The number of likely N-dealkylation sites (tertiary alicyclic amines) is 1. The number of carbonyl (C=O) groups excluding carboxylic acids is 1. The number of aliphatic carboxylic acids is 1. The summed E-state index contributed by atoms with van der Waals surface area (Å²) in [5.41, 5.74) is 3.69. The molecule has 2 heterocycles. The van der Waals surface area contributed by atoms with Gasteiger partial charge in [0.15, 0.2) is 11.6 Å². The standard InChI is InChI=1S/C35H40ClFN2O8/c1-4-21-14-25(36)15-22(5-2)32(21)38-30(40)19-39-18-27(24-16-28(37)34-29(17-24)46-20-47-34)31(35(41)42)33(39)23-6-8-26(9-7-23)45-13-12-44-11-10-43-3/h6-9,14-17,27,31,33H,4-5,10-13,18-20H2,1-3H3,(H,38,40)(H,41,42)/t27-,31?,33+/m1/s1. The first kappa shape index (κ1) is 34.4. The van der Waals surface area contributed by atoms with E-state index in [1.165, 1.54) is 6.07 Å². The van der Waals surface area contributed by atoms with Crippen LogP contribution in [0.2, 0.25) is 5.02 Å². The molecule has 0 radical (unpaired) electrons. The zero-order valence-corrected chi connectivity index (χ0v) is 27.5. The van der Waals surface area contributed by atoms with E-state index in [1.54, 1.807) is 37.4 Å². The number of fused-ring (bicyclic) bond motifs is 1. The largest absolute Gasteiger partial charge is 0.491 e. The van der Waals surface area contributed by atoms with Crippen LogP contribution in [-0.4, -0.2) is 75.3 Å². The Morgan fingerprint density at radius 3 is 2.36 bits per heavy atom. The van der Waals surface area contributed by atoms with Crippen molar-refractivity contribution < 1.29 is 42.8 Å². The van der Waals surface area contributed by atoms with E-state index in [0.717, 1.165) is 16.8 Å². The molecule has 2 aliphatic rings. The highest BCUT2D eigenvalue weighted by Gasteiger charge is 2.48. The highest BCUT2D eigenvalue weighted by Crippen LogP contribution is 2.48. The molecule has 1 saturated heterocycles. The second-order valence-corrected chi connectivity index (χ2v) is 11.9. The average Bonchev–Trinajstić information content (AvgIpc) is 3.69. The van der Waals surface area contributed by atoms with Crippen molar-refractivity contribution in [3.05, 3.63) is 81.6 Å². The number of aryl methyl sites for hydroxylation is 2. The van der Waals surface area contributed by atoms with Gasteiger partial charge in [-0.3, -0.25) is 14.5 Å². The number of hydrogen-bond donors (Lipinski definition) is 2. The molecule has 3 aromatic rings. The summed E-state index contributed by atoms with van der Waals surface area (Å²) in [6.45, 7) is 5.64. The molecule has 5 rings (SSSR count). The minimum atomic E-state index is -1.06. The molecule has 252 valence electrons. The summed E-state index contributed by atoms with van der Waals surface area (Å²) in [5, 5.41) is 14.3. The van der Waals surface area contributed by atoms with Gasteiger partial charge in [-0.25, -0.2) is 4.39 Å². The van der Waals surface area contributed by atoms with Crippen LogP contribution in [-0.2, 0) is 31.9 Å². The highest BCUT2D eigenvalue weighted by molar-refractivity contribution is 6.30. The number of ether oxygens (including phenoxy) is 5. The summed E-state index contributed by atoms with van der Waals surface area (Å²) >= 11 is 6.33. The van der Waals surface area contributed by atoms with Crippen molar-refractivity contribution >= 4 is 29.2 Å². The van der Waals surface area contributed by atoms with E-state index in [1.807, 2.05) is 30.9 Å². The van der Waals surface area contributed by atoms with E-state index in [4.69, 9.17) is 35.3 Å². The third-order valence-electron chi connectivity index (χ3n) is 8.55. The quantitative estimate of drug-likeness (QED) is 0.192. The number of nitrogens with one attached hydrogen (secondary N) is 1. The third kappa shape index (κ3) is 7.98. The first-order valence-corrected chi connectivity index (χ1v) is 16.1. The highest BCUT2D eigenvalue weighted by atomic mass is 35.5. The molecule has 0 aromatic heterocycles. The van der Waals surface area contributed by atoms with Crippen LogP contribution < -0.4 is 19.5 Å². The van der Waals surface area contributed by atoms with E-state index < -0.39 is 29.7 Å². The van der Waals surface area contributed by atoms with E-state index in [-0.39, 0.29) is 37.3 Å². The number of anilines is 1. The van der Waals surface area contributed by atoms with Gasteiger partial charge in [-0.15, -0.1) is 0 Å². The summed E-state index contributed by atoms with van der Waals surface area (Å²) in [7, 11) is 1.61. The Morgan fingerprint density at radius 1 is 1.00 bits per heavy atom. The van der Waals surface area contributed by atoms with E-state index in [2.05, 4.69) is 5.32 Å². The number of hydrogen-bond acceptors (Lipinski definition) is 8. The van der Waals surface area contributed by atoms with Crippen LogP contribution in [0.25, 0.3) is 0 Å². The Morgan fingerprint density at radius 2 is 1.70 bits per heavy atom. The van der Waals surface area contributed by atoms with E-state index in [9.17, 15) is 14.7 Å². The molecule has 2 N–H and O–H groups in total. The van der Waals surface area contributed by atoms with Gasteiger partial charge < -0.3 is 34.1 Å². The molecule has 47 heavy (non-hydrogen) atoms. The molecule has 2 aliphatic heterocycles. The summed E-state index contributed by atoms with van der Waals surface area (Å²) < 4.78 is 41.9. The molecule has 3 atom stereocenters. The lowest BCUT2D eigenvalue weighted by atomic mass is 9.82. The SMILES string of the molecule is CCc1cc(Cl)cc(CC)c1NC(=O)CN1C[C@H](c2cc(F)c3c(c2)OCO3)C(C(=O)O)[C@@H]1c1ccc(OCCOCCOC)cc1. The number of carboxylic acids is 1. The van der Waals surface area contributed by atoms with Crippen molar-refractivity contribution in [2.45, 2.75) is 38.6 Å². The Labute approximate surface area is 278 Å². The number of amides is 1. The number of carbonyl (C=O) groups is 2. The van der Waals surface area contributed by atoms with Crippen LogP contribution in [0.1, 0.15) is 48.1 Å². The number of halogens is 2. The second-order valence-electron chi connectivity index (χ2n) is 11.5. The molecule has 0 spiro atoms. The van der Waals surface area contributed by atoms with Gasteiger partial charge >= 0.3 is 5.97 Å². The number of carboxylic acid groups (broad SMARTS) is 1. The zero-order valence-electron chi connectivity index (χ0n) is 26.7. The number of methoxy groups -OCH3 is 1. The second kappa shape index (κ2) is 15.8. The summed E-state index contributed by atoms with van der Waals surface area (Å²) in [6, 6.07) is 13.1. The predicted molar refractivity (Wildman–Crippen MR) is 174 cm³/mol. The van der Waals surface area contributed by atoms with Crippen molar-refractivity contribution in [2.24, 2.45) is 5.92 Å². The Bertz CT molecular complexity index is 1540. The van der Waals surface area contributed by atoms with Gasteiger partial charge in [0.1, 0.15) is 12.4 Å². The Hall–Kier alpha value is -3.90. The molecule has 1 fully saturated rings. The summed E-state index contributed by atoms with van der Waals surface area (Å²) in [4.78, 5) is 28.5. The van der Waals surface area contributed by atoms with Crippen LogP contribution >= 0.6 is 11.6 Å². The molecule has 0 aliphatic carbocycles. The van der Waals surface area contributed by atoms with Gasteiger partial charge in [0, 0.05) is 36.3 Å². The van der Waals surface area contributed by atoms with Crippen molar-refractivity contribution in [2.75, 3.05) is 58.7 Å². The molecule has 0 saturated carbocycles. The smallest absolute Gasteiger partial charge is 0.309 e. The summed E-state index contributed by atoms with van der Waals surface area (Å²) in [6.07, 6.45) is 1.34. The molecule has 12 heteroatoms. The molecular formula is C35H40ClFN2O8. The zero-order chi connectivity index (χ0) is 33.5. The van der Waals surface area contributed by atoms with Gasteiger partial charge in [-0.1, -0.05) is 37.6 Å². The molecular weight excluding hydrogens is 631 g/mol. The maximum Gasteiger partial charge on any atom is 0.309 e. The molecule has 10 nitrogen and oxygen atoms in total. The lowest BCUT2D eigenvalue weighted by Gasteiger charge is -2.27. The van der Waals surface area contributed by atoms with E-state index in [0.29, 0.717) is 61.2 Å². The molecule has 1 amide bonds. The maximum atomic E-state index is 15.0. The minimum absolute atomic E-state index is 0.00696. The molecule has 0 bridgehead atoms. The fourth-order valence-corrected chi connectivity index (χ4v) is 6.62. The van der Waals surface area contributed by atoms with Gasteiger partial charge in [-0.05, 0) is 71.5 Å². The monoisotopic (exact) mass is 670 g/mol. The fraction of sp³-hybridized carbons (Fsp3) is 0.429. The lowest BCUT2D eigenvalue weighted by molar-refractivity contribution is -0.143. The first-order valence-electron chi connectivity index (χ1n) is 15.7. The van der Waals surface area contributed by atoms with Gasteiger partial charge in [-0.2, -0.15) is 0 Å². The first-order chi connectivity index (χ1) is 22.7. The lowest BCUT2D eigenvalue weighted by Crippen LogP contribution is -2.35. The van der Waals surface area contributed by atoms with Gasteiger partial charge in [0.05, 0.1) is 32.3 Å². The maximum absolute atomic E-state index is 15.0. The van der Waals surface area contributed by atoms with Crippen molar-refractivity contribution in [3.8, 4) is 17.2 Å². The number of rotatable bonds is 15. The van der Waals surface area contributed by atoms with Crippen LogP contribution in [0, 0.1) is 11.7 Å². The third-order valence-corrected chi connectivity index (χ3v) is 8.77. The van der Waals surface area contributed by atoms with Gasteiger partial charge in [0.25, 0.3) is 0 Å². The van der Waals surface area contributed by atoms with E-state index >= 15 is 4.39 Å². The molecule has 1 unspecified atom stereocenters. The van der Waals surface area contributed by atoms with Crippen molar-refractivity contribution in [1.29, 1.82) is 0 Å². The van der Waals surface area contributed by atoms with Crippen LogP contribution in [0.15, 0.2) is 48.5 Å². The van der Waals surface area contributed by atoms with Crippen molar-refractivity contribution in [1.82, 2.24) is 4.90 Å². The van der Waals surface area contributed by atoms with Gasteiger partial charge in [0.2, 0.25) is 18.4 Å². The van der Waals surface area contributed by atoms with Crippen LogP contribution in [0.5, 0.6) is 17.2 Å². The predicted octanol–water partition coefficient (Wildman–Crippen LogP) is 5.85. The topological polar surface area (TPSA) is 116 Å². The minimum Gasteiger partial charge on any atom is -0.491 e.